The molecular weight excluding hydrogens is 324 g/mol. The smallest absolute Gasteiger partial charge is 0.249 e. The maximum atomic E-state index is 12.0. The van der Waals surface area contributed by atoms with Crippen molar-refractivity contribution in [1.29, 1.82) is 0 Å². The number of fused-ring (bicyclic) bond motifs is 3. The summed E-state index contributed by atoms with van der Waals surface area (Å²) in [7, 11) is 0. The van der Waals surface area contributed by atoms with Crippen LogP contribution in [0.5, 0.6) is 5.75 Å². The molecule has 4 heteroatoms. The van der Waals surface area contributed by atoms with Crippen LogP contribution in [-0.4, -0.2) is 17.1 Å². The minimum absolute atomic E-state index is 0.409. The Balaban J connectivity index is 1.98. The Morgan fingerprint density at radius 1 is 0.962 bits per heavy atom. The molecule has 0 radical (unpaired) electrons. The van der Waals surface area contributed by atoms with Gasteiger partial charge in [0, 0.05) is 27.4 Å². The highest BCUT2D eigenvalue weighted by atomic mass is 16.5. The third-order valence-corrected chi connectivity index (χ3v) is 4.66. The first-order chi connectivity index (χ1) is 12.7. The number of para-hydroxylation sites is 2. The first-order valence-electron chi connectivity index (χ1n) is 8.71. The molecule has 1 aromatic heterocycles. The summed E-state index contributed by atoms with van der Waals surface area (Å²) in [5, 5.41) is 1.94. The number of benzene rings is 3. The summed E-state index contributed by atoms with van der Waals surface area (Å²) >= 11 is 0. The first-order valence-corrected chi connectivity index (χ1v) is 8.71. The van der Waals surface area contributed by atoms with Crippen LogP contribution in [0.4, 0.5) is 0 Å². The predicted octanol–water partition coefficient (Wildman–Crippen LogP) is 4.34. The molecule has 0 unspecified atom stereocenters. The van der Waals surface area contributed by atoms with Crippen molar-refractivity contribution in [1.82, 2.24) is 4.57 Å². The average Bonchev–Trinajstić information content (AvgIpc) is 2.98. The van der Waals surface area contributed by atoms with E-state index in [2.05, 4.69) is 16.7 Å². The molecule has 26 heavy (non-hydrogen) atoms. The van der Waals surface area contributed by atoms with E-state index >= 15 is 0 Å². The quantitative estimate of drug-likeness (QED) is 0.585. The Hall–Kier alpha value is -3.27. The van der Waals surface area contributed by atoms with E-state index in [4.69, 9.17) is 10.5 Å². The van der Waals surface area contributed by atoms with Gasteiger partial charge in [0.15, 0.2) is 0 Å². The van der Waals surface area contributed by atoms with Gasteiger partial charge in [0.05, 0.1) is 18.7 Å². The molecule has 0 aliphatic heterocycles. The van der Waals surface area contributed by atoms with Crippen LogP contribution in [0.2, 0.25) is 0 Å². The lowest BCUT2D eigenvalue weighted by Crippen LogP contribution is -2.11. The predicted molar refractivity (Wildman–Crippen MR) is 105 cm³/mol. The van der Waals surface area contributed by atoms with Crippen LogP contribution >= 0.6 is 0 Å². The summed E-state index contributed by atoms with van der Waals surface area (Å²) < 4.78 is 8.00. The fourth-order valence-electron chi connectivity index (χ4n) is 3.58. The Morgan fingerprint density at radius 2 is 1.69 bits per heavy atom. The van der Waals surface area contributed by atoms with Crippen molar-refractivity contribution in [2.75, 3.05) is 6.61 Å². The van der Waals surface area contributed by atoms with Crippen molar-refractivity contribution < 1.29 is 9.53 Å². The molecule has 1 heterocycles. The molecule has 1 amide bonds. The average molecular weight is 344 g/mol. The molecule has 0 aliphatic rings. The first kappa shape index (κ1) is 16.2. The van der Waals surface area contributed by atoms with E-state index in [-0.39, 0.29) is 0 Å². The Bertz CT molecular complexity index is 1110. The lowest BCUT2D eigenvalue weighted by Gasteiger charge is -2.13. The number of aromatic nitrogens is 1. The molecule has 0 atom stereocenters. The number of carbonyl (C=O) groups excluding carboxylic acids is 1. The molecule has 0 bridgehead atoms. The van der Waals surface area contributed by atoms with Crippen molar-refractivity contribution in [3.63, 3.8) is 0 Å². The van der Waals surface area contributed by atoms with Gasteiger partial charge in [0.1, 0.15) is 5.75 Å². The van der Waals surface area contributed by atoms with E-state index in [1.807, 2.05) is 55.5 Å². The van der Waals surface area contributed by atoms with Crippen LogP contribution in [0, 0.1) is 0 Å². The van der Waals surface area contributed by atoms with Crippen molar-refractivity contribution in [2.24, 2.45) is 5.73 Å². The minimum atomic E-state index is -0.409. The monoisotopic (exact) mass is 344 g/mol. The van der Waals surface area contributed by atoms with Gasteiger partial charge in [0.2, 0.25) is 5.91 Å². The van der Waals surface area contributed by atoms with E-state index in [9.17, 15) is 4.79 Å². The largest absolute Gasteiger partial charge is 0.494 e. The number of hydrogen-bond acceptors (Lipinski definition) is 2. The second kappa shape index (κ2) is 6.56. The Morgan fingerprint density at radius 3 is 2.50 bits per heavy atom. The molecule has 0 aliphatic carbocycles. The summed E-state index contributed by atoms with van der Waals surface area (Å²) in [5.74, 6) is 0.472. The number of rotatable bonds is 5. The van der Waals surface area contributed by atoms with E-state index < -0.39 is 5.91 Å². The van der Waals surface area contributed by atoms with E-state index in [1.165, 1.54) is 0 Å². The molecule has 0 saturated carbocycles. The number of primary amides is 1. The zero-order valence-corrected chi connectivity index (χ0v) is 14.6. The molecule has 0 spiro atoms. The summed E-state index contributed by atoms with van der Waals surface area (Å²) in [4.78, 5) is 12.0. The lowest BCUT2D eigenvalue weighted by molar-refractivity contribution is 0.100. The second-order valence-corrected chi connectivity index (χ2v) is 6.21. The van der Waals surface area contributed by atoms with Gasteiger partial charge in [-0.25, -0.2) is 0 Å². The summed E-state index contributed by atoms with van der Waals surface area (Å²) in [6, 6.07) is 21.9. The fourth-order valence-corrected chi connectivity index (χ4v) is 3.58. The highest BCUT2D eigenvalue weighted by Gasteiger charge is 2.16. The Kier molecular flexibility index (Phi) is 4.09. The molecule has 4 rings (SSSR count). The van der Waals surface area contributed by atoms with Crippen molar-refractivity contribution >= 4 is 27.7 Å². The molecule has 130 valence electrons. The lowest BCUT2D eigenvalue weighted by atomic mass is 10.1. The van der Waals surface area contributed by atoms with Gasteiger partial charge in [-0.3, -0.25) is 4.79 Å². The summed E-state index contributed by atoms with van der Waals surface area (Å²) in [6.45, 7) is 3.26. The van der Waals surface area contributed by atoms with Gasteiger partial charge in [-0.15, -0.1) is 0 Å². The van der Waals surface area contributed by atoms with Gasteiger partial charge < -0.3 is 15.0 Å². The number of nitrogens with two attached hydrogens (primary N) is 1. The van der Waals surface area contributed by atoms with Crippen LogP contribution in [0.1, 0.15) is 22.8 Å². The minimum Gasteiger partial charge on any atom is -0.494 e. The Labute approximate surface area is 151 Å². The van der Waals surface area contributed by atoms with Crippen LogP contribution in [0.25, 0.3) is 21.8 Å². The highest BCUT2D eigenvalue weighted by Crippen LogP contribution is 2.33. The highest BCUT2D eigenvalue weighted by molar-refractivity contribution is 6.17. The van der Waals surface area contributed by atoms with E-state index in [0.29, 0.717) is 18.7 Å². The summed E-state index contributed by atoms with van der Waals surface area (Å²) in [5.41, 5.74) is 9.34. The SMILES string of the molecule is CCOc1ccccc1Cn1c2ccccc2c2c(C(N)=O)cccc21. The van der Waals surface area contributed by atoms with Crippen LogP contribution < -0.4 is 10.5 Å². The number of hydrogen-bond donors (Lipinski definition) is 1. The number of amides is 1. The number of carbonyl (C=O) groups is 1. The maximum absolute atomic E-state index is 12.0. The number of ether oxygens (including phenoxy) is 1. The number of nitrogens with zero attached hydrogens (tertiary/aromatic N) is 1. The van der Waals surface area contributed by atoms with Crippen molar-refractivity contribution in [3.05, 3.63) is 77.9 Å². The normalized spacial score (nSPS) is 11.1. The standard InChI is InChI=1S/C22H20N2O2/c1-2-26-20-13-6-3-8-15(20)14-24-18-11-5-4-9-16(18)21-17(22(23)25)10-7-12-19(21)24/h3-13H,2,14H2,1H3,(H2,23,25). The van der Waals surface area contributed by atoms with Gasteiger partial charge in [-0.1, -0.05) is 42.5 Å². The van der Waals surface area contributed by atoms with Crippen molar-refractivity contribution in [3.8, 4) is 5.75 Å². The van der Waals surface area contributed by atoms with Gasteiger partial charge in [0.25, 0.3) is 0 Å². The molecular formula is C22H20N2O2. The van der Waals surface area contributed by atoms with Gasteiger partial charge in [-0.05, 0) is 31.2 Å². The molecule has 2 N–H and O–H groups in total. The third kappa shape index (κ3) is 2.60. The van der Waals surface area contributed by atoms with E-state index in [1.54, 1.807) is 6.07 Å². The molecule has 3 aromatic carbocycles. The topological polar surface area (TPSA) is 57.2 Å². The van der Waals surface area contributed by atoms with Crippen LogP contribution in [0.3, 0.4) is 0 Å². The molecule has 0 fully saturated rings. The second-order valence-electron chi connectivity index (χ2n) is 6.21. The molecule has 4 aromatic rings. The van der Waals surface area contributed by atoms with Gasteiger partial charge in [-0.2, -0.15) is 0 Å². The zero-order chi connectivity index (χ0) is 18.1. The van der Waals surface area contributed by atoms with E-state index in [0.717, 1.165) is 33.1 Å². The maximum Gasteiger partial charge on any atom is 0.249 e. The van der Waals surface area contributed by atoms with Gasteiger partial charge >= 0.3 is 0 Å². The van der Waals surface area contributed by atoms with Crippen molar-refractivity contribution in [2.45, 2.75) is 13.5 Å². The van der Waals surface area contributed by atoms with Crippen LogP contribution in [-0.2, 0) is 6.54 Å². The summed E-state index contributed by atoms with van der Waals surface area (Å²) in [6.07, 6.45) is 0. The molecule has 4 nitrogen and oxygen atoms in total. The zero-order valence-electron chi connectivity index (χ0n) is 14.6. The molecule has 0 saturated heterocycles. The third-order valence-electron chi connectivity index (χ3n) is 4.66. The van der Waals surface area contributed by atoms with Crippen LogP contribution in [0.15, 0.2) is 66.7 Å². The fraction of sp³-hybridized carbons (Fsp3) is 0.136.